The summed E-state index contributed by atoms with van der Waals surface area (Å²) in [5.41, 5.74) is 8.98. The fraction of sp³-hybridized carbons (Fsp3) is 0.353. The predicted molar refractivity (Wildman–Crippen MR) is 95.8 cm³/mol. The molecular formula is C17H24N6. The molecule has 3 N–H and O–H groups in total. The van der Waals surface area contributed by atoms with E-state index >= 15 is 0 Å². The Morgan fingerprint density at radius 3 is 2.78 bits per heavy atom. The van der Waals surface area contributed by atoms with E-state index in [9.17, 15) is 0 Å². The largest absolute Gasteiger partial charge is 0.370 e. The first-order chi connectivity index (χ1) is 11.0. The second-order valence-electron chi connectivity index (χ2n) is 5.85. The van der Waals surface area contributed by atoms with Crippen LogP contribution in [0.25, 0.3) is 0 Å². The maximum atomic E-state index is 5.96. The highest BCUT2D eigenvalue weighted by atomic mass is 15.2. The quantitative estimate of drug-likeness (QED) is 0.655. The highest BCUT2D eigenvalue weighted by Gasteiger charge is 2.03. The molecule has 0 atom stereocenters. The number of nitrogens with zero attached hydrogens (tertiary/aromatic N) is 4. The Bertz CT molecular complexity index is 678. The van der Waals surface area contributed by atoms with Gasteiger partial charge in [0, 0.05) is 26.0 Å². The minimum atomic E-state index is 0.371. The van der Waals surface area contributed by atoms with Crippen LogP contribution >= 0.6 is 0 Å². The van der Waals surface area contributed by atoms with Crippen molar-refractivity contribution in [3.8, 4) is 0 Å². The van der Waals surface area contributed by atoms with Gasteiger partial charge in [-0.1, -0.05) is 26.0 Å². The van der Waals surface area contributed by atoms with Gasteiger partial charge in [-0.15, -0.1) is 0 Å². The van der Waals surface area contributed by atoms with E-state index in [1.807, 2.05) is 37.2 Å². The Labute approximate surface area is 137 Å². The molecule has 0 amide bonds. The summed E-state index contributed by atoms with van der Waals surface area (Å²) in [5.74, 6) is 1.50. The monoisotopic (exact) mass is 312 g/mol. The predicted octanol–water partition coefficient (Wildman–Crippen LogP) is 2.59. The van der Waals surface area contributed by atoms with Gasteiger partial charge in [-0.2, -0.15) is 0 Å². The molecule has 6 heteroatoms. The van der Waals surface area contributed by atoms with Crippen LogP contribution in [0.4, 0.5) is 11.6 Å². The minimum Gasteiger partial charge on any atom is -0.370 e. The number of nitrogens with one attached hydrogen (secondary N) is 1. The number of hydrogen-bond acceptors (Lipinski definition) is 4. The van der Waals surface area contributed by atoms with E-state index in [0.717, 1.165) is 11.4 Å². The van der Waals surface area contributed by atoms with Gasteiger partial charge < -0.3 is 16.0 Å². The topological polar surface area (TPSA) is 79.4 Å². The molecule has 0 aliphatic rings. The fourth-order valence-electron chi connectivity index (χ4n) is 2.02. The molecule has 122 valence electrons. The number of guanidine groups is 1. The van der Waals surface area contributed by atoms with Crippen molar-refractivity contribution >= 4 is 17.6 Å². The number of aliphatic imine (C=N–C) groups is 1. The van der Waals surface area contributed by atoms with Gasteiger partial charge in [0.05, 0.1) is 12.2 Å². The normalized spacial score (nSPS) is 11.6. The lowest BCUT2D eigenvalue weighted by Crippen LogP contribution is -2.22. The summed E-state index contributed by atoms with van der Waals surface area (Å²) < 4.78 is 0. The van der Waals surface area contributed by atoms with Gasteiger partial charge in [-0.05, 0) is 29.7 Å². The van der Waals surface area contributed by atoms with Crippen molar-refractivity contribution < 1.29 is 0 Å². The molecule has 2 rings (SSSR count). The van der Waals surface area contributed by atoms with Crippen LogP contribution in [0, 0.1) is 0 Å². The lowest BCUT2D eigenvalue weighted by atomic mass is 10.0. The van der Waals surface area contributed by atoms with Crippen LogP contribution < -0.4 is 16.0 Å². The van der Waals surface area contributed by atoms with Crippen LogP contribution in [0.5, 0.6) is 0 Å². The molecule has 0 spiro atoms. The average molecular weight is 312 g/mol. The van der Waals surface area contributed by atoms with Gasteiger partial charge in [-0.25, -0.2) is 15.0 Å². The van der Waals surface area contributed by atoms with Crippen molar-refractivity contribution in [2.75, 3.05) is 24.3 Å². The zero-order valence-corrected chi connectivity index (χ0v) is 14.1. The summed E-state index contributed by atoms with van der Waals surface area (Å²) in [6.07, 6.45) is 1.73. The van der Waals surface area contributed by atoms with Gasteiger partial charge in [-0.3, -0.25) is 0 Å². The second-order valence-corrected chi connectivity index (χ2v) is 5.85. The van der Waals surface area contributed by atoms with Crippen molar-refractivity contribution in [3.63, 3.8) is 0 Å². The summed E-state index contributed by atoms with van der Waals surface area (Å²) >= 11 is 0. The molecule has 0 saturated heterocycles. The average Bonchev–Trinajstić information content (AvgIpc) is 2.53. The maximum absolute atomic E-state index is 5.96. The molecule has 0 radical (unpaired) electrons. The van der Waals surface area contributed by atoms with Gasteiger partial charge in [0.1, 0.15) is 0 Å². The Kier molecular flexibility index (Phi) is 5.51. The number of benzene rings is 1. The Morgan fingerprint density at radius 2 is 2.09 bits per heavy atom. The fourth-order valence-corrected chi connectivity index (χ4v) is 2.02. The van der Waals surface area contributed by atoms with E-state index in [0.29, 0.717) is 24.4 Å². The van der Waals surface area contributed by atoms with Gasteiger partial charge in [0.2, 0.25) is 5.95 Å². The van der Waals surface area contributed by atoms with E-state index in [4.69, 9.17) is 5.73 Å². The number of aromatic nitrogens is 2. The van der Waals surface area contributed by atoms with E-state index in [1.54, 1.807) is 6.20 Å². The SMILES string of the molecule is CC(C)c1cccc(NC(N)=NCc2ccnc(N(C)C)n2)c1. The molecule has 1 aromatic carbocycles. The van der Waals surface area contributed by atoms with Gasteiger partial charge in [0.15, 0.2) is 5.96 Å². The van der Waals surface area contributed by atoms with Crippen LogP contribution in [0.15, 0.2) is 41.5 Å². The number of rotatable bonds is 5. The molecule has 0 fully saturated rings. The molecule has 2 aromatic rings. The van der Waals surface area contributed by atoms with E-state index in [2.05, 4.69) is 46.3 Å². The van der Waals surface area contributed by atoms with E-state index in [-0.39, 0.29) is 0 Å². The zero-order chi connectivity index (χ0) is 16.8. The van der Waals surface area contributed by atoms with Crippen LogP contribution in [-0.2, 0) is 6.54 Å². The van der Waals surface area contributed by atoms with Gasteiger partial charge in [0.25, 0.3) is 0 Å². The third kappa shape index (κ3) is 4.95. The molecule has 1 aromatic heterocycles. The number of anilines is 2. The third-order valence-corrected chi connectivity index (χ3v) is 3.34. The van der Waals surface area contributed by atoms with Crippen molar-refractivity contribution in [3.05, 3.63) is 47.8 Å². The minimum absolute atomic E-state index is 0.371. The molecule has 23 heavy (non-hydrogen) atoms. The number of nitrogens with two attached hydrogens (primary N) is 1. The first-order valence-electron chi connectivity index (χ1n) is 7.62. The maximum Gasteiger partial charge on any atom is 0.225 e. The summed E-state index contributed by atoms with van der Waals surface area (Å²) in [4.78, 5) is 14.8. The molecular weight excluding hydrogens is 288 g/mol. The van der Waals surface area contributed by atoms with Crippen LogP contribution in [0.1, 0.15) is 31.0 Å². The highest BCUT2D eigenvalue weighted by molar-refractivity contribution is 5.92. The molecule has 1 heterocycles. The van der Waals surface area contributed by atoms with Crippen LogP contribution in [0.3, 0.4) is 0 Å². The van der Waals surface area contributed by atoms with Crippen LogP contribution in [0.2, 0.25) is 0 Å². The summed E-state index contributed by atoms with van der Waals surface area (Å²) in [6.45, 7) is 4.73. The highest BCUT2D eigenvalue weighted by Crippen LogP contribution is 2.18. The first kappa shape index (κ1) is 16.7. The molecule has 0 aliphatic carbocycles. The third-order valence-electron chi connectivity index (χ3n) is 3.34. The lowest BCUT2D eigenvalue weighted by molar-refractivity contribution is 0.867. The zero-order valence-electron chi connectivity index (χ0n) is 14.1. The Balaban J connectivity index is 2.03. The van der Waals surface area contributed by atoms with E-state index in [1.165, 1.54) is 5.56 Å². The van der Waals surface area contributed by atoms with Crippen molar-refractivity contribution in [2.45, 2.75) is 26.3 Å². The first-order valence-corrected chi connectivity index (χ1v) is 7.62. The summed E-state index contributed by atoms with van der Waals surface area (Å²) in [5, 5.41) is 3.12. The molecule has 6 nitrogen and oxygen atoms in total. The van der Waals surface area contributed by atoms with Gasteiger partial charge >= 0.3 is 0 Å². The molecule has 0 saturated carbocycles. The summed E-state index contributed by atoms with van der Waals surface area (Å²) in [7, 11) is 3.81. The number of hydrogen-bond donors (Lipinski definition) is 2. The molecule has 0 aliphatic heterocycles. The smallest absolute Gasteiger partial charge is 0.225 e. The standard InChI is InChI=1S/C17H24N6/c1-12(2)13-6-5-7-14(10-13)21-16(18)20-11-15-8-9-19-17(22-15)23(3)4/h5-10,12H,11H2,1-4H3,(H3,18,20,21). The van der Waals surface area contributed by atoms with Crippen molar-refractivity contribution in [1.29, 1.82) is 0 Å². The Morgan fingerprint density at radius 1 is 1.30 bits per heavy atom. The van der Waals surface area contributed by atoms with Crippen molar-refractivity contribution in [2.24, 2.45) is 10.7 Å². The lowest BCUT2D eigenvalue weighted by Gasteiger charge is -2.11. The van der Waals surface area contributed by atoms with Crippen LogP contribution in [-0.4, -0.2) is 30.0 Å². The summed E-state index contributed by atoms with van der Waals surface area (Å²) in [6, 6.07) is 10.0. The second kappa shape index (κ2) is 7.58. The molecule has 0 bridgehead atoms. The molecule has 0 unspecified atom stereocenters. The van der Waals surface area contributed by atoms with E-state index < -0.39 is 0 Å². The Hall–Kier alpha value is -2.63. The van der Waals surface area contributed by atoms with Crippen molar-refractivity contribution in [1.82, 2.24) is 9.97 Å².